The van der Waals surface area contributed by atoms with Crippen LogP contribution < -0.4 is 14.4 Å². The molecule has 11 heteroatoms. The maximum Gasteiger partial charge on any atom is 0.244 e. The molecule has 0 spiro atoms. The lowest BCUT2D eigenvalue weighted by atomic mass is 10.0. The van der Waals surface area contributed by atoms with Crippen LogP contribution >= 0.6 is 27.5 Å². The predicted molar refractivity (Wildman–Crippen MR) is 162 cm³/mol. The maximum atomic E-state index is 14.0. The molecule has 0 saturated heterocycles. The molecular weight excluding hydrogens is 618 g/mol. The van der Waals surface area contributed by atoms with Crippen molar-refractivity contribution in [2.75, 3.05) is 24.2 Å². The van der Waals surface area contributed by atoms with E-state index in [0.29, 0.717) is 5.75 Å². The number of amides is 2. The fourth-order valence-corrected chi connectivity index (χ4v) is 5.50. The van der Waals surface area contributed by atoms with E-state index in [1.807, 2.05) is 68.4 Å². The zero-order chi connectivity index (χ0) is 29.4. The Morgan fingerprint density at radius 3 is 2.20 bits per heavy atom. The first-order chi connectivity index (χ1) is 18.9. The molecule has 3 rings (SSSR count). The molecule has 214 valence electrons. The van der Waals surface area contributed by atoms with Gasteiger partial charge in [0.25, 0.3) is 0 Å². The Kier molecular flexibility index (Phi) is 11.0. The summed E-state index contributed by atoms with van der Waals surface area (Å²) in [6.45, 7) is 3.25. The van der Waals surface area contributed by atoms with E-state index in [2.05, 4.69) is 21.2 Å². The minimum absolute atomic E-state index is 0.0934. The van der Waals surface area contributed by atoms with Crippen molar-refractivity contribution in [3.05, 3.63) is 93.4 Å². The summed E-state index contributed by atoms with van der Waals surface area (Å²) in [5, 5.41) is 3.13. The van der Waals surface area contributed by atoms with Gasteiger partial charge in [-0.3, -0.25) is 13.9 Å². The zero-order valence-electron chi connectivity index (χ0n) is 22.8. The molecule has 0 aliphatic carbocycles. The van der Waals surface area contributed by atoms with E-state index in [0.717, 1.165) is 26.2 Å². The highest BCUT2D eigenvalue weighted by molar-refractivity contribution is 9.10. The van der Waals surface area contributed by atoms with Crippen molar-refractivity contribution >= 4 is 55.1 Å². The summed E-state index contributed by atoms with van der Waals surface area (Å²) in [4.78, 5) is 29.0. The molecule has 0 aromatic heterocycles. The molecule has 3 aromatic carbocycles. The first kappa shape index (κ1) is 31.4. The number of carbonyl (C=O) groups is 2. The standard InChI is InChI=1S/C29H33BrClN3O5S/c1-20(2)32-29(36)26(16-21-8-6-5-7-9-21)33(18-22-10-12-23(30)13-11-22)28(35)19-34(40(4,37)38)24-14-15-27(39-3)25(31)17-24/h5-15,17,20,26H,16,18-19H2,1-4H3,(H,32,36)/t26-/m0/s1. The minimum atomic E-state index is -3.91. The number of benzene rings is 3. The Morgan fingerprint density at radius 2 is 1.65 bits per heavy atom. The number of hydrogen-bond donors (Lipinski definition) is 1. The van der Waals surface area contributed by atoms with E-state index in [9.17, 15) is 18.0 Å². The number of rotatable bonds is 12. The van der Waals surface area contributed by atoms with Crippen LogP contribution in [0.4, 0.5) is 5.69 Å². The minimum Gasteiger partial charge on any atom is -0.495 e. The molecule has 0 aliphatic heterocycles. The molecular formula is C29H33BrClN3O5S. The summed E-state index contributed by atoms with van der Waals surface area (Å²) in [5.74, 6) is -0.502. The van der Waals surface area contributed by atoms with E-state index in [1.165, 1.54) is 30.2 Å². The molecule has 0 aliphatic rings. The number of nitrogens with one attached hydrogen (secondary N) is 1. The second kappa shape index (κ2) is 14.0. The van der Waals surface area contributed by atoms with Gasteiger partial charge in [0.1, 0.15) is 18.3 Å². The highest BCUT2D eigenvalue weighted by atomic mass is 79.9. The monoisotopic (exact) mass is 649 g/mol. The molecule has 8 nitrogen and oxygen atoms in total. The number of ether oxygens (including phenoxy) is 1. The number of carbonyl (C=O) groups excluding carboxylic acids is 2. The Hall–Kier alpha value is -3.08. The van der Waals surface area contributed by atoms with Gasteiger partial charge in [-0.25, -0.2) is 8.42 Å². The van der Waals surface area contributed by atoms with Gasteiger partial charge in [0.15, 0.2) is 0 Å². The van der Waals surface area contributed by atoms with Gasteiger partial charge in [0.2, 0.25) is 21.8 Å². The summed E-state index contributed by atoms with van der Waals surface area (Å²) in [6.07, 6.45) is 1.26. The van der Waals surface area contributed by atoms with Crippen molar-refractivity contribution in [1.29, 1.82) is 0 Å². The van der Waals surface area contributed by atoms with E-state index in [-0.39, 0.29) is 35.6 Å². The zero-order valence-corrected chi connectivity index (χ0v) is 26.0. The number of hydrogen-bond acceptors (Lipinski definition) is 5. The molecule has 0 heterocycles. The number of halogens is 2. The maximum absolute atomic E-state index is 14.0. The summed E-state index contributed by atoms with van der Waals surface area (Å²) in [7, 11) is -2.45. The number of sulfonamides is 1. The summed E-state index contributed by atoms with van der Waals surface area (Å²) in [5.41, 5.74) is 1.85. The number of anilines is 1. The highest BCUT2D eigenvalue weighted by Gasteiger charge is 2.33. The molecule has 0 saturated carbocycles. The first-order valence-corrected chi connectivity index (χ1v) is 15.6. The van der Waals surface area contributed by atoms with Gasteiger partial charge in [-0.05, 0) is 55.3 Å². The number of nitrogens with zero attached hydrogens (tertiary/aromatic N) is 2. The van der Waals surface area contributed by atoms with Crippen molar-refractivity contribution in [3.8, 4) is 5.75 Å². The third-order valence-corrected chi connectivity index (χ3v) is 8.04. The van der Waals surface area contributed by atoms with Crippen LogP contribution in [0.2, 0.25) is 5.02 Å². The molecule has 1 N–H and O–H groups in total. The van der Waals surface area contributed by atoms with Crippen LogP contribution in [0.25, 0.3) is 0 Å². The van der Waals surface area contributed by atoms with Gasteiger partial charge in [0.05, 0.1) is 24.1 Å². The van der Waals surface area contributed by atoms with Crippen LogP contribution in [0.5, 0.6) is 5.75 Å². The summed E-state index contributed by atoms with van der Waals surface area (Å²) in [6, 6.07) is 20.2. The molecule has 2 amide bonds. The Balaban J connectivity index is 2.06. The lowest BCUT2D eigenvalue weighted by Gasteiger charge is -2.34. The third-order valence-electron chi connectivity index (χ3n) is 6.07. The van der Waals surface area contributed by atoms with Crippen LogP contribution in [-0.4, -0.2) is 57.1 Å². The topological polar surface area (TPSA) is 96.0 Å². The van der Waals surface area contributed by atoms with E-state index >= 15 is 0 Å². The van der Waals surface area contributed by atoms with E-state index in [4.69, 9.17) is 16.3 Å². The summed E-state index contributed by atoms with van der Waals surface area (Å²) >= 11 is 9.70. The van der Waals surface area contributed by atoms with Gasteiger partial charge >= 0.3 is 0 Å². The van der Waals surface area contributed by atoms with Gasteiger partial charge < -0.3 is 15.0 Å². The van der Waals surface area contributed by atoms with Crippen LogP contribution in [0.1, 0.15) is 25.0 Å². The largest absolute Gasteiger partial charge is 0.495 e. The van der Waals surface area contributed by atoms with E-state index < -0.39 is 28.5 Å². The van der Waals surface area contributed by atoms with Gasteiger partial charge in [-0.15, -0.1) is 0 Å². The Bertz CT molecular complexity index is 1420. The van der Waals surface area contributed by atoms with Crippen LogP contribution in [0.3, 0.4) is 0 Å². The third kappa shape index (κ3) is 8.71. The van der Waals surface area contributed by atoms with Gasteiger partial charge in [0, 0.05) is 23.5 Å². The molecule has 0 unspecified atom stereocenters. The normalized spacial score (nSPS) is 12.1. The van der Waals surface area contributed by atoms with Crippen LogP contribution in [0, 0.1) is 0 Å². The Morgan fingerprint density at radius 1 is 1.00 bits per heavy atom. The van der Waals surface area contributed by atoms with Gasteiger partial charge in [-0.1, -0.05) is 70.0 Å². The van der Waals surface area contributed by atoms with Crippen molar-refractivity contribution in [2.45, 2.75) is 38.9 Å². The lowest BCUT2D eigenvalue weighted by molar-refractivity contribution is -0.140. The molecule has 3 aromatic rings. The lowest BCUT2D eigenvalue weighted by Crippen LogP contribution is -2.54. The van der Waals surface area contributed by atoms with Crippen molar-refractivity contribution in [2.24, 2.45) is 0 Å². The van der Waals surface area contributed by atoms with Gasteiger partial charge in [-0.2, -0.15) is 0 Å². The first-order valence-electron chi connectivity index (χ1n) is 12.6. The SMILES string of the molecule is COc1ccc(N(CC(=O)N(Cc2ccc(Br)cc2)[C@@H](Cc2ccccc2)C(=O)NC(C)C)S(C)(=O)=O)cc1Cl. The van der Waals surface area contributed by atoms with Crippen LogP contribution in [-0.2, 0) is 32.6 Å². The van der Waals surface area contributed by atoms with Crippen molar-refractivity contribution < 1.29 is 22.7 Å². The molecule has 0 radical (unpaired) electrons. The fourth-order valence-electron chi connectivity index (χ4n) is 4.15. The van der Waals surface area contributed by atoms with Crippen LogP contribution in [0.15, 0.2) is 77.3 Å². The second-order valence-electron chi connectivity index (χ2n) is 9.61. The van der Waals surface area contributed by atoms with Crippen molar-refractivity contribution in [1.82, 2.24) is 10.2 Å². The van der Waals surface area contributed by atoms with E-state index in [1.54, 1.807) is 0 Å². The number of methoxy groups -OCH3 is 1. The average Bonchev–Trinajstić information content (AvgIpc) is 2.89. The predicted octanol–water partition coefficient (Wildman–Crippen LogP) is 5.04. The molecule has 1 atom stereocenters. The Labute approximate surface area is 249 Å². The molecule has 40 heavy (non-hydrogen) atoms. The smallest absolute Gasteiger partial charge is 0.244 e. The molecule has 0 fully saturated rings. The quantitative estimate of drug-likeness (QED) is 0.296. The van der Waals surface area contributed by atoms with Crippen molar-refractivity contribution in [3.63, 3.8) is 0 Å². The highest BCUT2D eigenvalue weighted by Crippen LogP contribution is 2.30. The second-order valence-corrected chi connectivity index (χ2v) is 12.8. The molecule has 0 bridgehead atoms. The average molecular weight is 651 g/mol. The summed E-state index contributed by atoms with van der Waals surface area (Å²) < 4.78 is 32.8. The fraction of sp³-hybridized carbons (Fsp3) is 0.310.